The summed E-state index contributed by atoms with van der Waals surface area (Å²) in [7, 11) is 0. The second-order valence-electron chi connectivity index (χ2n) is 5.65. The lowest BCUT2D eigenvalue weighted by atomic mass is 9.99. The van der Waals surface area contributed by atoms with Crippen LogP contribution in [0.3, 0.4) is 0 Å². The molecule has 118 valence electrons. The molecule has 0 bridgehead atoms. The summed E-state index contributed by atoms with van der Waals surface area (Å²) in [4.78, 5) is 0. The molecule has 4 heteroatoms. The largest absolute Gasteiger partial charge is 0.486 e. The summed E-state index contributed by atoms with van der Waals surface area (Å²) in [6, 6.07) is 4.20. The number of nitrogens with one attached hydrogen (secondary N) is 1. The van der Waals surface area contributed by atoms with E-state index in [-0.39, 0.29) is 0 Å². The van der Waals surface area contributed by atoms with Gasteiger partial charge < -0.3 is 14.8 Å². The summed E-state index contributed by atoms with van der Waals surface area (Å²) < 4.78 is 12.3. The highest BCUT2D eigenvalue weighted by atomic mass is 79.9. The summed E-state index contributed by atoms with van der Waals surface area (Å²) in [5, 5.41) is 3.58. The van der Waals surface area contributed by atoms with E-state index >= 15 is 0 Å². The normalized spacial score (nSPS) is 15.0. The Morgan fingerprint density at radius 3 is 2.81 bits per heavy atom. The smallest absolute Gasteiger partial charge is 0.175 e. The van der Waals surface area contributed by atoms with Gasteiger partial charge in [0.15, 0.2) is 11.5 Å². The molecule has 1 aromatic rings. The van der Waals surface area contributed by atoms with E-state index in [4.69, 9.17) is 9.47 Å². The molecule has 0 aromatic heterocycles. The number of fused-ring (bicyclic) bond motifs is 1. The number of rotatable bonds is 8. The fourth-order valence-electron chi connectivity index (χ4n) is 2.63. The fraction of sp³-hybridized carbons (Fsp3) is 0.647. The van der Waals surface area contributed by atoms with Gasteiger partial charge in [-0.1, -0.05) is 33.1 Å². The molecular weight excluding hydrogens is 330 g/mol. The highest BCUT2D eigenvalue weighted by molar-refractivity contribution is 9.10. The standard InChI is InChI=1S/C17H26BrNO2/c1-3-5-6-13(4-2)11-19-12-14-9-15(18)17-16(10-14)20-7-8-21-17/h9-10,13,19H,3-8,11-12H2,1-2H3. The molecule has 0 fully saturated rings. The van der Waals surface area contributed by atoms with Crippen molar-refractivity contribution in [1.82, 2.24) is 5.32 Å². The van der Waals surface area contributed by atoms with Crippen molar-refractivity contribution in [3.63, 3.8) is 0 Å². The van der Waals surface area contributed by atoms with Crippen LogP contribution in [0.4, 0.5) is 0 Å². The molecule has 0 saturated carbocycles. The highest BCUT2D eigenvalue weighted by Crippen LogP contribution is 2.38. The minimum Gasteiger partial charge on any atom is -0.486 e. The molecule has 3 nitrogen and oxygen atoms in total. The van der Waals surface area contributed by atoms with Crippen molar-refractivity contribution in [2.45, 2.75) is 46.1 Å². The first-order chi connectivity index (χ1) is 10.2. The maximum atomic E-state index is 5.66. The van der Waals surface area contributed by atoms with E-state index in [0.29, 0.717) is 13.2 Å². The topological polar surface area (TPSA) is 30.5 Å². The molecular formula is C17H26BrNO2. The third kappa shape index (κ3) is 4.89. The quantitative estimate of drug-likeness (QED) is 0.743. The van der Waals surface area contributed by atoms with Crippen molar-refractivity contribution < 1.29 is 9.47 Å². The molecule has 0 saturated heterocycles. The number of hydrogen-bond acceptors (Lipinski definition) is 3. The van der Waals surface area contributed by atoms with Gasteiger partial charge in [-0.15, -0.1) is 0 Å². The predicted octanol–water partition coefficient (Wildman–Crippen LogP) is 4.53. The van der Waals surface area contributed by atoms with Crippen molar-refractivity contribution in [3.8, 4) is 11.5 Å². The third-order valence-corrected chi connectivity index (χ3v) is 4.55. The van der Waals surface area contributed by atoms with E-state index in [1.807, 2.05) is 0 Å². The fourth-order valence-corrected chi connectivity index (χ4v) is 3.23. The average molecular weight is 356 g/mol. The first-order valence-corrected chi connectivity index (χ1v) is 8.82. The van der Waals surface area contributed by atoms with Crippen LogP contribution in [-0.4, -0.2) is 19.8 Å². The van der Waals surface area contributed by atoms with Crippen LogP contribution in [0.2, 0.25) is 0 Å². The Morgan fingerprint density at radius 1 is 1.24 bits per heavy atom. The number of halogens is 1. The van der Waals surface area contributed by atoms with Gasteiger partial charge in [-0.25, -0.2) is 0 Å². The molecule has 1 aromatic carbocycles. The number of unbranched alkanes of at least 4 members (excludes halogenated alkanes) is 1. The zero-order valence-electron chi connectivity index (χ0n) is 13.1. The SMILES string of the molecule is CCCCC(CC)CNCc1cc(Br)c2c(c1)OCCO2. The summed E-state index contributed by atoms with van der Waals surface area (Å²) in [6.07, 6.45) is 5.18. The molecule has 1 aliphatic heterocycles. The van der Waals surface area contributed by atoms with Crippen molar-refractivity contribution in [2.24, 2.45) is 5.92 Å². The molecule has 2 rings (SSSR count). The van der Waals surface area contributed by atoms with Crippen LogP contribution in [0, 0.1) is 5.92 Å². The maximum Gasteiger partial charge on any atom is 0.175 e. The van der Waals surface area contributed by atoms with Gasteiger partial charge in [0, 0.05) is 6.54 Å². The van der Waals surface area contributed by atoms with Crippen molar-refractivity contribution in [3.05, 3.63) is 22.2 Å². The van der Waals surface area contributed by atoms with Crippen LogP contribution < -0.4 is 14.8 Å². The van der Waals surface area contributed by atoms with E-state index in [1.165, 1.54) is 31.2 Å². The minimum atomic E-state index is 0.624. The molecule has 0 spiro atoms. The van der Waals surface area contributed by atoms with Gasteiger partial charge in [-0.05, 0) is 52.5 Å². The molecule has 0 aliphatic carbocycles. The number of benzene rings is 1. The zero-order valence-corrected chi connectivity index (χ0v) is 14.7. The Bertz CT molecular complexity index is 451. The summed E-state index contributed by atoms with van der Waals surface area (Å²) in [6.45, 7) is 7.75. The van der Waals surface area contributed by atoms with Crippen molar-refractivity contribution in [1.29, 1.82) is 0 Å². The molecule has 1 N–H and O–H groups in total. The highest BCUT2D eigenvalue weighted by Gasteiger charge is 2.16. The van der Waals surface area contributed by atoms with Crippen LogP contribution >= 0.6 is 15.9 Å². The molecule has 0 amide bonds. The Hall–Kier alpha value is -0.740. The molecule has 21 heavy (non-hydrogen) atoms. The van der Waals surface area contributed by atoms with Crippen LogP contribution in [0.25, 0.3) is 0 Å². The molecule has 1 heterocycles. The first kappa shape index (κ1) is 16.6. The van der Waals surface area contributed by atoms with Crippen LogP contribution in [0.1, 0.15) is 45.1 Å². The van der Waals surface area contributed by atoms with Gasteiger partial charge in [0.2, 0.25) is 0 Å². The second kappa shape index (κ2) is 8.64. The summed E-state index contributed by atoms with van der Waals surface area (Å²) >= 11 is 3.57. The predicted molar refractivity (Wildman–Crippen MR) is 90.1 cm³/mol. The average Bonchev–Trinajstić information content (AvgIpc) is 2.51. The molecule has 1 aliphatic rings. The summed E-state index contributed by atoms with van der Waals surface area (Å²) in [5.74, 6) is 2.47. The monoisotopic (exact) mass is 355 g/mol. The Balaban J connectivity index is 1.87. The van der Waals surface area contributed by atoms with Gasteiger partial charge >= 0.3 is 0 Å². The van der Waals surface area contributed by atoms with Gasteiger partial charge in [0.25, 0.3) is 0 Å². The van der Waals surface area contributed by atoms with Crippen LogP contribution in [0.15, 0.2) is 16.6 Å². The Kier molecular flexibility index (Phi) is 6.84. The van der Waals surface area contributed by atoms with Crippen molar-refractivity contribution >= 4 is 15.9 Å². The number of ether oxygens (including phenoxy) is 2. The van der Waals surface area contributed by atoms with Gasteiger partial charge in [0.1, 0.15) is 13.2 Å². The minimum absolute atomic E-state index is 0.624. The molecule has 0 radical (unpaired) electrons. The van der Waals surface area contributed by atoms with Gasteiger partial charge in [-0.3, -0.25) is 0 Å². The van der Waals surface area contributed by atoms with E-state index in [0.717, 1.165) is 35.0 Å². The zero-order chi connectivity index (χ0) is 15.1. The second-order valence-corrected chi connectivity index (χ2v) is 6.50. The Morgan fingerprint density at radius 2 is 2.05 bits per heavy atom. The maximum absolute atomic E-state index is 5.66. The van der Waals surface area contributed by atoms with Gasteiger partial charge in [0.05, 0.1) is 4.47 Å². The first-order valence-electron chi connectivity index (χ1n) is 8.03. The Labute approximate surface area is 136 Å². The lowest BCUT2D eigenvalue weighted by molar-refractivity contribution is 0.170. The lowest BCUT2D eigenvalue weighted by Crippen LogP contribution is -2.22. The van der Waals surface area contributed by atoms with Crippen LogP contribution in [-0.2, 0) is 6.54 Å². The van der Waals surface area contributed by atoms with E-state index in [9.17, 15) is 0 Å². The van der Waals surface area contributed by atoms with E-state index in [2.05, 4.69) is 47.2 Å². The molecule has 1 atom stereocenters. The van der Waals surface area contributed by atoms with Gasteiger partial charge in [-0.2, -0.15) is 0 Å². The molecule has 1 unspecified atom stereocenters. The number of hydrogen-bond donors (Lipinski definition) is 1. The summed E-state index contributed by atoms with van der Waals surface area (Å²) in [5.41, 5.74) is 1.23. The van der Waals surface area contributed by atoms with Crippen molar-refractivity contribution in [2.75, 3.05) is 19.8 Å². The van der Waals surface area contributed by atoms with Crippen LogP contribution in [0.5, 0.6) is 11.5 Å². The third-order valence-electron chi connectivity index (χ3n) is 3.96. The lowest BCUT2D eigenvalue weighted by Gasteiger charge is -2.21. The van der Waals surface area contributed by atoms with E-state index < -0.39 is 0 Å². The van der Waals surface area contributed by atoms with E-state index in [1.54, 1.807) is 0 Å².